The van der Waals surface area contributed by atoms with E-state index in [0.29, 0.717) is 35.1 Å². The third-order valence-corrected chi connectivity index (χ3v) is 5.66. The summed E-state index contributed by atoms with van der Waals surface area (Å²) in [6, 6.07) is 8.32. The van der Waals surface area contributed by atoms with E-state index < -0.39 is 22.5 Å². The first kappa shape index (κ1) is 20.6. The Morgan fingerprint density at radius 2 is 1.97 bits per heavy atom. The van der Waals surface area contributed by atoms with Gasteiger partial charge in [0.05, 0.1) is 11.4 Å². The van der Waals surface area contributed by atoms with Crippen molar-refractivity contribution in [3.8, 4) is 11.4 Å². The summed E-state index contributed by atoms with van der Waals surface area (Å²) >= 11 is 0. The predicted molar refractivity (Wildman–Crippen MR) is 107 cm³/mol. The quantitative estimate of drug-likeness (QED) is 0.606. The maximum Gasteiger partial charge on any atom is 0.241 e. The Hall–Kier alpha value is -3.11. The number of aryl methyl sites for hydroxylation is 3. The topological polar surface area (TPSA) is 127 Å². The highest BCUT2D eigenvalue weighted by molar-refractivity contribution is 7.89. The van der Waals surface area contributed by atoms with Gasteiger partial charge in [0, 0.05) is 18.2 Å². The van der Waals surface area contributed by atoms with Crippen molar-refractivity contribution in [2.75, 3.05) is 11.9 Å². The maximum absolute atomic E-state index is 12.7. The summed E-state index contributed by atoms with van der Waals surface area (Å²) in [5, 5.41) is 6.42. The average Bonchev–Trinajstić information content (AvgIpc) is 3.16. The van der Waals surface area contributed by atoms with Crippen LogP contribution in [-0.4, -0.2) is 36.0 Å². The van der Waals surface area contributed by atoms with Gasteiger partial charge in [-0.2, -0.15) is 4.98 Å². The zero-order valence-corrected chi connectivity index (χ0v) is 17.1. The second-order valence-corrected chi connectivity index (χ2v) is 8.17. The number of hydrogen-bond acceptors (Lipinski definition) is 7. The standard InChI is InChI=1S/C19H21N5O4S/c1-4-18-23-19(24-28-18)14-6-5-13(3)15(10-14)29(26,27)21-11-17(25)22-16-9-12(2)7-8-20-16/h5-10,21H,4,11H2,1-3H3,(H,20,22,25). The number of nitrogens with zero attached hydrogens (tertiary/aromatic N) is 3. The molecule has 10 heteroatoms. The van der Waals surface area contributed by atoms with Gasteiger partial charge in [-0.05, 0) is 43.2 Å². The summed E-state index contributed by atoms with van der Waals surface area (Å²) < 4.78 is 32.9. The van der Waals surface area contributed by atoms with Crippen molar-refractivity contribution < 1.29 is 17.7 Å². The van der Waals surface area contributed by atoms with Crippen LogP contribution < -0.4 is 10.0 Å². The Balaban J connectivity index is 1.74. The first-order valence-electron chi connectivity index (χ1n) is 8.94. The molecule has 0 bridgehead atoms. The molecule has 29 heavy (non-hydrogen) atoms. The molecule has 0 aliphatic heterocycles. The fourth-order valence-corrected chi connectivity index (χ4v) is 3.82. The van der Waals surface area contributed by atoms with Crippen LogP contribution in [0.3, 0.4) is 0 Å². The van der Waals surface area contributed by atoms with Crippen LogP contribution in [0.2, 0.25) is 0 Å². The van der Waals surface area contributed by atoms with Crippen LogP contribution in [0.4, 0.5) is 5.82 Å². The van der Waals surface area contributed by atoms with E-state index in [1.165, 1.54) is 6.07 Å². The molecule has 1 aromatic carbocycles. The Bertz CT molecular complexity index is 1140. The number of anilines is 1. The number of pyridine rings is 1. The van der Waals surface area contributed by atoms with Crippen molar-refractivity contribution >= 4 is 21.7 Å². The van der Waals surface area contributed by atoms with Crippen molar-refractivity contribution in [2.45, 2.75) is 32.1 Å². The number of amides is 1. The first-order valence-corrected chi connectivity index (χ1v) is 10.4. The monoisotopic (exact) mass is 415 g/mol. The number of carbonyl (C=O) groups excluding carboxylic acids is 1. The number of benzene rings is 1. The molecule has 0 atom stereocenters. The minimum atomic E-state index is -3.93. The SMILES string of the molecule is CCc1nc(-c2ccc(C)c(S(=O)(=O)NCC(=O)Nc3cc(C)ccn3)c2)no1. The maximum atomic E-state index is 12.7. The van der Waals surface area contributed by atoms with Gasteiger partial charge in [0.2, 0.25) is 27.6 Å². The number of hydrogen-bond donors (Lipinski definition) is 2. The van der Waals surface area contributed by atoms with Crippen molar-refractivity contribution in [1.82, 2.24) is 19.8 Å². The van der Waals surface area contributed by atoms with Gasteiger partial charge < -0.3 is 9.84 Å². The molecule has 9 nitrogen and oxygen atoms in total. The van der Waals surface area contributed by atoms with Crippen molar-refractivity contribution in [3.05, 3.63) is 53.5 Å². The van der Waals surface area contributed by atoms with Gasteiger partial charge >= 0.3 is 0 Å². The van der Waals surface area contributed by atoms with Gasteiger partial charge in [-0.3, -0.25) is 4.79 Å². The third-order valence-electron chi connectivity index (χ3n) is 4.11. The van der Waals surface area contributed by atoms with Crippen LogP contribution in [0.25, 0.3) is 11.4 Å². The lowest BCUT2D eigenvalue weighted by molar-refractivity contribution is -0.115. The Morgan fingerprint density at radius 1 is 1.17 bits per heavy atom. The molecule has 152 valence electrons. The molecule has 2 aromatic heterocycles. The van der Waals surface area contributed by atoms with Gasteiger partial charge in [-0.15, -0.1) is 0 Å². The van der Waals surface area contributed by atoms with Crippen LogP contribution in [0.1, 0.15) is 23.9 Å². The van der Waals surface area contributed by atoms with Gasteiger partial charge in [-0.25, -0.2) is 18.1 Å². The molecule has 0 aliphatic rings. The lowest BCUT2D eigenvalue weighted by atomic mass is 10.1. The summed E-state index contributed by atoms with van der Waals surface area (Å²) in [7, 11) is -3.93. The Labute approximate surface area is 168 Å². The largest absolute Gasteiger partial charge is 0.339 e. The number of sulfonamides is 1. The predicted octanol–water partition coefficient (Wildman–Crippen LogP) is 2.23. The highest BCUT2D eigenvalue weighted by Gasteiger charge is 2.20. The van der Waals surface area contributed by atoms with E-state index in [1.807, 2.05) is 13.8 Å². The van der Waals surface area contributed by atoms with Gasteiger partial charge in [0.15, 0.2) is 0 Å². The Morgan fingerprint density at radius 3 is 2.66 bits per heavy atom. The molecule has 0 radical (unpaired) electrons. The highest BCUT2D eigenvalue weighted by atomic mass is 32.2. The molecule has 3 rings (SSSR count). The average molecular weight is 415 g/mol. The molecule has 0 spiro atoms. The number of aromatic nitrogens is 3. The number of nitrogens with one attached hydrogen (secondary N) is 2. The molecule has 3 aromatic rings. The second-order valence-electron chi connectivity index (χ2n) is 6.44. The van der Waals surface area contributed by atoms with Crippen LogP contribution in [0.5, 0.6) is 0 Å². The molecule has 0 unspecified atom stereocenters. The molecule has 0 saturated heterocycles. The summed E-state index contributed by atoms with van der Waals surface area (Å²) in [5.74, 6) is 0.605. The van der Waals surface area contributed by atoms with Gasteiger partial charge in [-0.1, -0.05) is 24.2 Å². The first-order chi connectivity index (χ1) is 13.8. The minimum absolute atomic E-state index is 0.0410. The van der Waals surface area contributed by atoms with E-state index in [4.69, 9.17) is 4.52 Å². The number of carbonyl (C=O) groups is 1. The zero-order valence-electron chi connectivity index (χ0n) is 16.3. The van der Waals surface area contributed by atoms with Crippen LogP contribution in [-0.2, 0) is 21.2 Å². The van der Waals surface area contributed by atoms with Crippen molar-refractivity contribution in [3.63, 3.8) is 0 Å². The zero-order chi connectivity index (χ0) is 21.0. The summed E-state index contributed by atoms with van der Waals surface area (Å²) in [5.41, 5.74) is 1.96. The lowest BCUT2D eigenvalue weighted by Crippen LogP contribution is -2.33. The molecular weight excluding hydrogens is 394 g/mol. The normalized spacial score (nSPS) is 11.4. The molecule has 0 fully saturated rings. The van der Waals surface area contributed by atoms with Crippen molar-refractivity contribution in [1.29, 1.82) is 0 Å². The van der Waals surface area contributed by atoms with Crippen LogP contribution >= 0.6 is 0 Å². The highest BCUT2D eigenvalue weighted by Crippen LogP contribution is 2.23. The van der Waals surface area contributed by atoms with E-state index in [0.717, 1.165) is 5.56 Å². The molecule has 0 saturated carbocycles. The minimum Gasteiger partial charge on any atom is -0.339 e. The van der Waals surface area contributed by atoms with E-state index in [2.05, 4.69) is 25.2 Å². The molecule has 2 heterocycles. The summed E-state index contributed by atoms with van der Waals surface area (Å²) in [6.45, 7) is 4.99. The Kier molecular flexibility index (Phi) is 6.04. The van der Waals surface area contributed by atoms with E-state index in [9.17, 15) is 13.2 Å². The van der Waals surface area contributed by atoms with Gasteiger partial charge in [0.25, 0.3) is 0 Å². The van der Waals surface area contributed by atoms with Crippen LogP contribution in [0.15, 0.2) is 45.9 Å². The van der Waals surface area contributed by atoms with E-state index in [-0.39, 0.29) is 4.90 Å². The van der Waals surface area contributed by atoms with E-state index >= 15 is 0 Å². The molecule has 2 N–H and O–H groups in total. The summed E-state index contributed by atoms with van der Waals surface area (Å²) in [4.78, 5) is 20.4. The number of rotatable bonds is 7. The third kappa shape index (κ3) is 5.04. The van der Waals surface area contributed by atoms with Crippen molar-refractivity contribution in [2.24, 2.45) is 0 Å². The smallest absolute Gasteiger partial charge is 0.241 e. The van der Waals surface area contributed by atoms with Gasteiger partial charge in [0.1, 0.15) is 5.82 Å². The fraction of sp³-hybridized carbons (Fsp3) is 0.263. The molecule has 1 amide bonds. The molecule has 0 aliphatic carbocycles. The van der Waals surface area contributed by atoms with Crippen LogP contribution in [0, 0.1) is 13.8 Å². The summed E-state index contributed by atoms with van der Waals surface area (Å²) in [6.07, 6.45) is 2.14. The lowest BCUT2D eigenvalue weighted by Gasteiger charge is -2.10. The second kappa shape index (κ2) is 8.50. The molecular formula is C19H21N5O4S. The van der Waals surface area contributed by atoms with E-state index in [1.54, 1.807) is 37.4 Å². The fourth-order valence-electron chi connectivity index (χ4n) is 2.57.